The number of benzene rings is 4. The number of aliphatic hydroxyl groups excluding tert-OH is 2. The minimum atomic E-state index is -0.642. The summed E-state index contributed by atoms with van der Waals surface area (Å²) >= 11 is 0. The van der Waals surface area contributed by atoms with E-state index in [1.54, 1.807) is 13.8 Å². The van der Waals surface area contributed by atoms with Crippen molar-refractivity contribution in [2.24, 2.45) is 5.41 Å². The van der Waals surface area contributed by atoms with E-state index in [9.17, 15) is 19.8 Å². The molecule has 0 saturated carbocycles. The Kier molecular flexibility index (Phi) is 15.2. The van der Waals surface area contributed by atoms with Gasteiger partial charge in [-0.3, -0.25) is 0 Å². The number of esters is 2. The minimum absolute atomic E-state index is 0.142. The molecular formula is C46H54O7. The Bertz CT molecular complexity index is 1770. The molecule has 0 heterocycles. The van der Waals surface area contributed by atoms with Gasteiger partial charge in [-0.2, -0.15) is 0 Å². The van der Waals surface area contributed by atoms with Crippen LogP contribution in [0.4, 0.5) is 0 Å². The molecule has 2 N–H and O–H groups in total. The fourth-order valence-corrected chi connectivity index (χ4v) is 6.01. The zero-order valence-electron chi connectivity index (χ0n) is 31.7. The number of rotatable bonds is 20. The lowest BCUT2D eigenvalue weighted by atomic mass is 9.84. The van der Waals surface area contributed by atoms with Crippen LogP contribution in [-0.4, -0.2) is 55.2 Å². The standard InChI is InChI=1S/C46H54O7/c1-7-46(30-47,31-48)24-27-51-43-40(10-8-25-52-44(49)32(2)3)28-42(29-41(43)11-9-26-53-45(50)33(4)5)39-22-20-38(21-23-39)37-18-16-36(17-19-37)35-14-12-34(6)13-15-35/h12-23,28-29,47-48H,2,4,7-11,24-27,30-31H2,1,3,5-6H3. The van der Waals surface area contributed by atoms with E-state index in [4.69, 9.17) is 14.2 Å². The van der Waals surface area contributed by atoms with Gasteiger partial charge in [0.1, 0.15) is 5.75 Å². The van der Waals surface area contributed by atoms with Crippen molar-refractivity contribution in [3.63, 3.8) is 0 Å². The lowest BCUT2D eigenvalue weighted by Crippen LogP contribution is -2.31. The molecule has 4 rings (SSSR count). The Hall–Kier alpha value is -4.98. The summed E-state index contributed by atoms with van der Waals surface area (Å²) in [5.74, 6) is -0.125. The van der Waals surface area contributed by atoms with Gasteiger partial charge in [0.25, 0.3) is 0 Å². The summed E-state index contributed by atoms with van der Waals surface area (Å²) in [4.78, 5) is 24.1. The van der Waals surface area contributed by atoms with E-state index >= 15 is 0 Å². The Morgan fingerprint density at radius 1 is 0.623 bits per heavy atom. The lowest BCUT2D eigenvalue weighted by molar-refractivity contribution is -0.139. The van der Waals surface area contributed by atoms with Gasteiger partial charge in [-0.25, -0.2) is 9.59 Å². The average Bonchev–Trinajstić information content (AvgIpc) is 3.17. The highest BCUT2D eigenvalue weighted by molar-refractivity contribution is 5.87. The SMILES string of the molecule is C=C(C)C(=O)OCCCc1cc(-c2ccc(-c3ccc(-c4ccc(C)cc4)cc3)cc2)cc(CCCOC(=O)C(=C)C)c1OCCC(CC)(CO)CO. The van der Waals surface area contributed by atoms with Crippen LogP contribution in [0.5, 0.6) is 5.75 Å². The molecule has 0 aliphatic rings. The second-order valence-corrected chi connectivity index (χ2v) is 14.0. The van der Waals surface area contributed by atoms with Crippen LogP contribution < -0.4 is 4.74 Å². The summed E-state index contributed by atoms with van der Waals surface area (Å²) < 4.78 is 17.3. The van der Waals surface area contributed by atoms with Crippen molar-refractivity contribution in [2.75, 3.05) is 33.0 Å². The van der Waals surface area contributed by atoms with Crippen molar-refractivity contribution in [1.29, 1.82) is 0 Å². The molecule has 280 valence electrons. The molecule has 0 aliphatic carbocycles. The third-order valence-electron chi connectivity index (χ3n) is 9.71. The Morgan fingerprint density at radius 3 is 1.36 bits per heavy atom. The second kappa shape index (κ2) is 19.7. The number of ether oxygens (including phenoxy) is 3. The van der Waals surface area contributed by atoms with Crippen LogP contribution in [0.2, 0.25) is 0 Å². The number of hydrogen-bond donors (Lipinski definition) is 2. The fourth-order valence-electron chi connectivity index (χ4n) is 6.01. The highest BCUT2D eigenvalue weighted by atomic mass is 16.5. The number of aryl methyl sites for hydroxylation is 3. The van der Waals surface area contributed by atoms with Gasteiger partial charge >= 0.3 is 11.9 Å². The largest absolute Gasteiger partial charge is 0.493 e. The highest BCUT2D eigenvalue weighted by Crippen LogP contribution is 2.35. The van der Waals surface area contributed by atoms with Crippen LogP contribution in [0.3, 0.4) is 0 Å². The third-order valence-corrected chi connectivity index (χ3v) is 9.71. The van der Waals surface area contributed by atoms with Crippen LogP contribution in [-0.2, 0) is 31.9 Å². The maximum absolute atomic E-state index is 12.1. The van der Waals surface area contributed by atoms with Crippen molar-refractivity contribution in [3.05, 3.63) is 126 Å². The van der Waals surface area contributed by atoms with Crippen LogP contribution in [0.1, 0.15) is 63.1 Å². The number of carbonyl (C=O) groups excluding carboxylic acids is 2. The number of hydrogen-bond acceptors (Lipinski definition) is 7. The van der Waals surface area contributed by atoms with Crippen molar-refractivity contribution in [3.8, 4) is 39.1 Å². The van der Waals surface area contributed by atoms with Gasteiger partial charge in [0.05, 0.1) is 33.0 Å². The van der Waals surface area contributed by atoms with E-state index in [1.165, 1.54) is 16.7 Å². The molecule has 0 atom stereocenters. The first-order valence-electron chi connectivity index (χ1n) is 18.4. The molecule has 0 fully saturated rings. The predicted octanol–water partition coefficient (Wildman–Crippen LogP) is 9.25. The van der Waals surface area contributed by atoms with Gasteiger partial charge in [-0.1, -0.05) is 98.4 Å². The first-order valence-corrected chi connectivity index (χ1v) is 18.4. The van der Waals surface area contributed by atoms with Crippen molar-refractivity contribution in [1.82, 2.24) is 0 Å². The maximum Gasteiger partial charge on any atom is 0.333 e. The van der Waals surface area contributed by atoms with E-state index in [0.29, 0.717) is 56.3 Å². The van der Waals surface area contributed by atoms with E-state index in [1.807, 2.05) is 6.92 Å². The van der Waals surface area contributed by atoms with Crippen LogP contribution >= 0.6 is 0 Å². The first kappa shape index (κ1) is 40.8. The predicted molar refractivity (Wildman–Crippen MR) is 213 cm³/mol. The van der Waals surface area contributed by atoms with E-state index < -0.39 is 17.4 Å². The van der Waals surface area contributed by atoms with Gasteiger partial charge in [-0.05, 0) is 116 Å². The molecule has 4 aromatic carbocycles. The third kappa shape index (κ3) is 11.5. The summed E-state index contributed by atoms with van der Waals surface area (Å²) in [5.41, 5.74) is 9.83. The fraction of sp³-hybridized carbons (Fsp3) is 0.348. The molecule has 0 amide bonds. The Morgan fingerprint density at radius 2 is 1.00 bits per heavy atom. The van der Waals surface area contributed by atoms with E-state index in [2.05, 4.69) is 105 Å². The highest BCUT2D eigenvalue weighted by Gasteiger charge is 2.27. The molecule has 7 heteroatoms. The van der Waals surface area contributed by atoms with Crippen molar-refractivity contribution < 1.29 is 34.0 Å². The topological polar surface area (TPSA) is 102 Å². The molecule has 0 aromatic heterocycles. The van der Waals surface area contributed by atoms with Gasteiger partial charge in [0.2, 0.25) is 0 Å². The molecule has 0 unspecified atom stereocenters. The van der Waals surface area contributed by atoms with E-state index in [0.717, 1.165) is 39.1 Å². The number of carbonyl (C=O) groups is 2. The Balaban J connectivity index is 1.65. The maximum atomic E-state index is 12.1. The summed E-state index contributed by atoms with van der Waals surface area (Å²) in [5, 5.41) is 20.1. The number of aliphatic hydroxyl groups is 2. The van der Waals surface area contributed by atoms with Crippen LogP contribution in [0, 0.1) is 12.3 Å². The Labute approximate surface area is 315 Å². The quantitative estimate of drug-likeness (QED) is 0.0534. The van der Waals surface area contributed by atoms with Gasteiger partial charge in [-0.15, -0.1) is 0 Å². The molecule has 0 aliphatic heterocycles. The van der Waals surface area contributed by atoms with E-state index in [-0.39, 0.29) is 26.4 Å². The smallest absolute Gasteiger partial charge is 0.333 e. The van der Waals surface area contributed by atoms with Crippen molar-refractivity contribution >= 4 is 11.9 Å². The molecule has 0 spiro atoms. The molecule has 0 saturated heterocycles. The summed E-state index contributed by atoms with van der Waals surface area (Å²) in [6, 6.07) is 29.9. The molecular weight excluding hydrogens is 664 g/mol. The van der Waals surface area contributed by atoms with Crippen molar-refractivity contribution in [2.45, 2.75) is 66.2 Å². The molecule has 0 bridgehead atoms. The lowest BCUT2D eigenvalue weighted by Gasteiger charge is -2.28. The minimum Gasteiger partial charge on any atom is -0.493 e. The second-order valence-electron chi connectivity index (χ2n) is 14.0. The average molecular weight is 719 g/mol. The molecule has 7 nitrogen and oxygen atoms in total. The zero-order valence-corrected chi connectivity index (χ0v) is 31.7. The summed E-state index contributed by atoms with van der Waals surface area (Å²) in [7, 11) is 0. The van der Waals surface area contributed by atoms with Crippen LogP contribution in [0.25, 0.3) is 33.4 Å². The molecule has 4 aromatic rings. The molecule has 0 radical (unpaired) electrons. The van der Waals surface area contributed by atoms with Gasteiger partial charge in [0, 0.05) is 16.6 Å². The first-order chi connectivity index (χ1) is 25.5. The monoisotopic (exact) mass is 718 g/mol. The van der Waals surface area contributed by atoms with Crippen LogP contribution in [0.15, 0.2) is 109 Å². The summed E-state index contributed by atoms with van der Waals surface area (Å²) in [6.07, 6.45) is 3.37. The zero-order chi connectivity index (χ0) is 38.4. The summed E-state index contributed by atoms with van der Waals surface area (Å²) in [6.45, 7) is 15.1. The molecule has 53 heavy (non-hydrogen) atoms. The van der Waals surface area contributed by atoms with Gasteiger partial charge < -0.3 is 24.4 Å². The van der Waals surface area contributed by atoms with Gasteiger partial charge in [0.15, 0.2) is 0 Å². The normalized spacial score (nSPS) is 11.2.